The Kier molecular flexibility index (Phi) is 12.0. The predicted octanol–water partition coefficient (Wildman–Crippen LogP) is 2.22. The maximum Gasteiger partial charge on any atom is 0.320 e. The van der Waals surface area contributed by atoms with Gasteiger partial charge in [0.05, 0.1) is 20.3 Å². The van der Waals surface area contributed by atoms with Gasteiger partial charge in [0.25, 0.3) is 12.5 Å². The van der Waals surface area contributed by atoms with Gasteiger partial charge in [-0.1, -0.05) is 36.5 Å². The van der Waals surface area contributed by atoms with E-state index in [1.807, 2.05) is 12.2 Å². The molecule has 0 saturated carbocycles. The van der Waals surface area contributed by atoms with Crippen LogP contribution in [0.5, 0.6) is 12.0 Å². The normalized spacial score (nSPS) is 11.6. The van der Waals surface area contributed by atoms with Crippen molar-refractivity contribution in [3.05, 3.63) is 36.5 Å². The molecule has 2 aromatic heterocycles. The molecule has 30 heavy (non-hydrogen) atoms. The van der Waals surface area contributed by atoms with Gasteiger partial charge >= 0.3 is 6.01 Å². The third-order valence-corrected chi connectivity index (χ3v) is 3.50. The summed E-state index contributed by atoms with van der Waals surface area (Å²) in [6.45, 7) is 3.48. The monoisotopic (exact) mass is 419 g/mol. The molecule has 0 radical (unpaired) electrons. The number of fused-ring (bicyclic) bond motifs is 1. The van der Waals surface area contributed by atoms with Gasteiger partial charge in [0, 0.05) is 14.2 Å². The van der Waals surface area contributed by atoms with Crippen molar-refractivity contribution in [3.8, 4) is 12.0 Å². The van der Waals surface area contributed by atoms with Crippen LogP contribution >= 0.6 is 0 Å². The van der Waals surface area contributed by atoms with Crippen molar-refractivity contribution in [3.63, 3.8) is 0 Å². The number of carbonyl (C=O) groups excluding carboxylic acids is 1. The van der Waals surface area contributed by atoms with Gasteiger partial charge in [0.1, 0.15) is 6.61 Å². The van der Waals surface area contributed by atoms with E-state index in [4.69, 9.17) is 19.9 Å². The Morgan fingerprint density at radius 1 is 1.10 bits per heavy atom. The highest BCUT2D eigenvalue weighted by molar-refractivity contribution is 5.83. The molecule has 0 aliphatic heterocycles. The largest absolute Gasteiger partial charge is 0.468 e. The fraction of sp³-hybridized carbons (Fsp3) is 0.400. The minimum Gasteiger partial charge on any atom is -0.468 e. The molecule has 0 saturated heterocycles. The van der Waals surface area contributed by atoms with Gasteiger partial charge < -0.3 is 24.7 Å². The van der Waals surface area contributed by atoms with E-state index in [0.29, 0.717) is 43.5 Å². The lowest BCUT2D eigenvalue weighted by molar-refractivity contribution is -0.128. The number of hydrogen-bond acceptors (Lipinski definition) is 9. The molecule has 0 spiro atoms. The number of aryl methyl sites for hydroxylation is 1. The number of carbonyl (C=O) groups is 1. The van der Waals surface area contributed by atoms with E-state index < -0.39 is 0 Å². The molecule has 1 aliphatic rings. The van der Waals surface area contributed by atoms with Crippen molar-refractivity contribution >= 4 is 23.5 Å². The van der Waals surface area contributed by atoms with Crippen LogP contribution in [0.15, 0.2) is 36.5 Å². The van der Waals surface area contributed by atoms with Crippen LogP contribution in [0.1, 0.15) is 13.3 Å². The Balaban J connectivity index is 0.000000307. The second kappa shape index (κ2) is 14.6. The quantitative estimate of drug-likeness (QED) is 0.531. The number of aromatic nitrogens is 4. The fourth-order valence-electron chi connectivity index (χ4n) is 2.09. The lowest BCUT2D eigenvalue weighted by Gasteiger charge is -2.04. The van der Waals surface area contributed by atoms with E-state index in [0.717, 1.165) is 6.42 Å². The SMILES string of the molecule is C1=CC=CCC=C1.CCOC=O.COCCOc1nc(N)c2nc(OC)n(C)c2n1. The second-order valence-corrected chi connectivity index (χ2v) is 5.59. The van der Waals surface area contributed by atoms with Crippen molar-refractivity contribution in [2.24, 2.45) is 7.05 Å². The van der Waals surface area contributed by atoms with E-state index in [2.05, 4.69) is 44.0 Å². The topological polar surface area (TPSA) is 124 Å². The molecule has 164 valence electrons. The van der Waals surface area contributed by atoms with Gasteiger partial charge in [0.2, 0.25) is 0 Å². The van der Waals surface area contributed by atoms with E-state index >= 15 is 0 Å². The zero-order valence-corrected chi connectivity index (χ0v) is 17.8. The third kappa shape index (κ3) is 8.31. The minimum atomic E-state index is 0.197. The van der Waals surface area contributed by atoms with Crippen LogP contribution in [-0.2, 0) is 21.3 Å². The van der Waals surface area contributed by atoms with E-state index in [9.17, 15) is 4.79 Å². The number of imidazole rings is 1. The van der Waals surface area contributed by atoms with Crippen LogP contribution in [0.3, 0.4) is 0 Å². The first-order chi connectivity index (χ1) is 14.6. The Hall–Kier alpha value is -3.40. The highest BCUT2D eigenvalue weighted by Gasteiger charge is 2.15. The summed E-state index contributed by atoms with van der Waals surface area (Å²) in [7, 11) is 4.90. The Morgan fingerprint density at radius 3 is 2.33 bits per heavy atom. The van der Waals surface area contributed by atoms with Crippen LogP contribution in [0.4, 0.5) is 5.82 Å². The first-order valence-electron chi connectivity index (χ1n) is 9.28. The van der Waals surface area contributed by atoms with Crippen molar-refractivity contribution in [2.45, 2.75) is 13.3 Å². The summed E-state index contributed by atoms with van der Waals surface area (Å²) in [6.07, 6.45) is 13.5. The highest BCUT2D eigenvalue weighted by atomic mass is 16.5. The smallest absolute Gasteiger partial charge is 0.320 e. The molecule has 0 atom stereocenters. The summed E-state index contributed by atoms with van der Waals surface area (Å²) >= 11 is 0. The molecule has 2 heterocycles. The summed E-state index contributed by atoms with van der Waals surface area (Å²) in [5.41, 5.74) is 6.86. The van der Waals surface area contributed by atoms with Crippen LogP contribution < -0.4 is 15.2 Å². The highest BCUT2D eigenvalue weighted by Crippen LogP contribution is 2.23. The second-order valence-electron chi connectivity index (χ2n) is 5.59. The number of methoxy groups -OCH3 is 2. The van der Waals surface area contributed by atoms with E-state index in [1.54, 1.807) is 25.6 Å². The van der Waals surface area contributed by atoms with Crippen LogP contribution in [-0.4, -0.2) is 60.0 Å². The molecule has 0 unspecified atom stereocenters. The average Bonchev–Trinajstić information content (AvgIpc) is 2.93. The summed E-state index contributed by atoms with van der Waals surface area (Å²) in [6, 6.07) is 0.614. The van der Waals surface area contributed by atoms with Crippen LogP contribution in [0, 0.1) is 0 Å². The van der Waals surface area contributed by atoms with Gasteiger partial charge in [-0.3, -0.25) is 9.36 Å². The van der Waals surface area contributed by atoms with E-state index in [1.165, 1.54) is 7.11 Å². The van der Waals surface area contributed by atoms with Crippen LogP contribution in [0.25, 0.3) is 11.2 Å². The molecule has 0 aromatic carbocycles. The summed E-state index contributed by atoms with van der Waals surface area (Å²) in [5.74, 6) is 0.256. The van der Waals surface area contributed by atoms with Crippen molar-refractivity contribution in [2.75, 3.05) is 39.8 Å². The van der Waals surface area contributed by atoms with Gasteiger partial charge in [0.15, 0.2) is 17.0 Å². The Labute approximate surface area is 176 Å². The number of allylic oxidation sites excluding steroid dienone is 6. The molecule has 2 aromatic rings. The molecule has 0 amide bonds. The lowest BCUT2D eigenvalue weighted by Crippen LogP contribution is -2.08. The Morgan fingerprint density at radius 2 is 1.80 bits per heavy atom. The number of anilines is 1. The summed E-state index contributed by atoms with van der Waals surface area (Å²) in [5, 5.41) is 0. The predicted molar refractivity (Wildman–Crippen MR) is 114 cm³/mol. The maximum atomic E-state index is 9.18. The fourth-order valence-corrected chi connectivity index (χ4v) is 2.09. The standard InChI is InChI=1S/C10H15N5O3.C7H8.C3H6O2/c1-15-8-6(12-10(15)17-3)7(11)13-9(14-8)18-5-4-16-2;1-2-4-6-7-5-3-1;1-2-5-3-4/h4-5H2,1-3H3,(H2,11,13,14);1-6H,7H2;3H,2H2,1H3. The molecular weight excluding hydrogens is 390 g/mol. The van der Waals surface area contributed by atoms with Gasteiger partial charge in [-0.15, -0.1) is 0 Å². The number of nitrogens with zero attached hydrogens (tertiary/aromatic N) is 4. The summed E-state index contributed by atoms with van der Waals surface area (Å²) in [4.78, 5) is 21.6. The Bertz CT molecular complexity index is 847. The number of nitrogens with two attached hydrogens (primary N) is 1. The number of hydrogen-bond donors (Lipinski definition) is 1. The average molecular weight is 419 g/mol. The van der Waals surface area contributed by atoms with Gasteiger partial charge in [-0.2, -0.15) is 15.0 Å². The lowest BCUT2D eigenvalue weighted by atomic mass is 10.4. The molecule has 0 fully saturated rings. The van der Waals surface area contributed by atoms with Crippen molar-refractivity contribution in [1.82, 2.24) is 19.5 Å². The molecule has 2 N–H and O–H groups in total. The minimum absolute atomic E-state index is 0.197. The van der Waals surface area contributed by atoms with Gasteiger partial charge in [-0.25, -0.2) is 0 Å². The molecular formula is C20H29N5O5. The molecule has 0 bridgehead atoms. The number of ether oxygens (including phenoxy) is 4. The molecule has 10 heteroatoms. The number of rotatable bonds is 7. The zero-order valence-electron chi connectivity index (χ0n) is 17.8. The zero-order chi connectivity index (χ0) is 22.2. The first-order valence-corrected chi connectivity index (χ1v) is 9.28. The first kappa shape index (κ1) is 24.6. The van der Waals surface area contributed by atoms with Gasteiger partial charge in [-0.05, 0) is 13.3 Å². The molecule has 10 nitrogen and oxygen atoms in total. The van der Waals surface area contributed by atoms with Crippen molar-refractivity contribution < 1.29 is 23.7 Å². The van der Waals surface area contributed by atoms with Crippen molar-refractivity contribution in [1.29, 1.82) is 0 Å². The maximum absolute atomic E-state index is 9.18. The third-order valence-electron chi connectivity index (χ3n) is 3.50. The molecule has 1 aliphatic carbocycles. The summed E-state index contributed by atoms with van der Waals surface area (Å²) < 4.78 is 21.1. The van der Waals surface area contributed by atoms with E-state index in [-0.39, 0.29) is 11.8 Å². The molecule has 3 rings (SSSR count). The van der Waals surface area contributed by atoms with Crippen LogP contribution in [0.2, 0.25) is 0 Å². The number of nitrogen functional groups attached to an aromatic ring is 1.